The molecule has 1 heterocycles. The maximum atomic E-state index is 6.16. The van der Waals surface area contributed by atoms with Gasteiger partial charge in [0.2, 0.25) is 5.36 Å². The van der Waals surface area contributed by atoms with Crippen LogP contribution in [0.15, 0.2) is 48.5 Å². The number of benzene rings is 2. The molecule has 3 rings (SSSR count). The van der Waals surface area contributed by atoms with Gasteiger partial charge in [0.15, 0.2) is 0 Å². The Balaban J connectivity index is 2.66. The summed E-state index contributed by atoms with van der Waals surface area (Å²) in [6.07, 6.45) is 0. The van der Waals surface area contributed by atoms with Crippen LogP contribution in [0.2, 0.25) is 0 Å². The number of fused-ring (bicyclic) bond motifs is 2. The molecule has 2 N–H and O–H groups in total. The second-order valence-corrected chi connectivity index (χ2v) is 4.59. The summed E-state index contributed by atoms with van der Waals surface area (Å²) >= 11 is 1.79. The number of hydrogen-bond donors (Lipinski definition) is 1. The van der Waals surface area contributed by atoms with E-state index in [0.717, 1.165) is 16.1 Å². The van der Waals surface area contributed by atoms with E-state index >= 15 is 0 Å². The molecule has 72 valence electrons. The SMILES string of the molecule is [NH2+]=c1c2ccccc2sc2ccccc12. The van der Waals surface area contributed by atoms with Crippen LogP contribution in [0.1, 0.15) is 0 Å². The molecule has 0 amide bonds. The molecule has 1 nitrogen and oxygen atoms in total. The zero-order chi connectivity index (χ0) is 10.3. The van der Waals surface area contributed by atoms with Gasteiger partial charge in [0.05, 0.1) is 10.8 Å². The summed E-state index contributed by atoms with van der Waals surface area (Å²) in [4.78, 5) is 0. The quantitative estimate of drug-likeness (QED) is 0.549. The minimum atomic E-state index is 0.889. The van der Waals surface area contributed by atoms with E-state index < -0.39 is 0 Å². The monoisotopic (exact) mass is 212 g/mol. The van der Waals surface area contributed by atoms with Crippen LogP contribution in [0.25, 0.3) is 20.2 Å². The van der Waals surface area contributed by atoms with Gasteiger partial charge in [-0.25, -0.2) is 0 Å². The van der Waals surface area contributed by atoms with Crippen LogP contribution in [0, 0.1) is 0 Å². The van der Waals surface area contributed by atoms with Gasteiger partial charge in [0.25, 0.3) is 0 Å². The lowest BCUT2D eigenvalue weighted by atomic mass is 10.2. The molecule has 0 aliphatic heterocycles. The van der Waals surface area contributed by atoms with Crippen molar-refractivity contribution in [2.45, 2.75) is 0 Å². The number of rotatable bonds is 0. The Bertz CT molecular complexity index is 640. The van der Waals surface area contributed by atoms with Gasteiger partial charge < -0.3 is 0 Å². The first-order valence-electron chi connectivity index (χ1n) is 4.85. The van der Waals surface area contributed by atoms with Gasteiger partial charge in [-0.1, -0.05) is 24.3 Å². The highest BCUT2D eigenvalue weighted by Crippen LogP contribution is 2.23. The number of nitrogens with two attached hydrogens (primary N) is 1. The maximum Gasteiger partial charge on any atom is 0.214 e. The first-order valence-corrected chi connectivity index (χ1v) is 5.67. The molecule has 1 aromatic heterocycles. The van der Waals surface area contributed by atoms with Gasteiger partial charge in [0.1, 0.15) is 0 Å². The van der Waals surface area contributed by atoms with Crippen molar-refractivity contribution in [2.75, 3.05) is 0 Å². The first kappa shape index (κ1) is 8.62. The van der Waals surface area contributed by atoms with E-state index in [1.54, 1.807) is 11.3 Å². The lowest BCUT2D eigenvalue weighted by Crippen LogP contribution is -2.45. The van der Waals surface area contributed by atoms with E-state index in [1.165, 1.54) is 9.40 Å². The van der Waals surface area contributed by atoms with Gasteiger partial charge in [-0.15, -0.1) is 11.3 Å². The summed E-state index contributed by atoms with van der Waals surface area (Å²) in [5.74, 6) is 0. The summed E-state index contributed by atoms with van der Waals surface area (Å²) in [5.41, 5.74) is 0. The minimum Gasteiger partial charge on any atom is -0.253 e. The van der Waals surface area contributed by atoms with E-state index in [-0.39, 0.29) is 0 Å². The summed E-state index contributed by atoms with van der Waals surface area (Å²) in [6.45, 7) is 0. The molecular formula is C13H10NS+. The van der Waals surface area contributed by atoms with Crippen molar-refractivity contribution in [1.82, 2.24) is 0 Å². The predicted octanol–water partition coefficient (Wildman–Crippen LogP) is 1.71. The standard InChI is InChI=1S/C13H9NS/c14-13-9-5-1-3-7-11(9)15-12-8-4-2-6-10(12)13/h1-8,14H/p+1. The Hall–Kier alpha value is -1.67. The highest BCUT2D eigenvalue weighted by atomic mass is 32.1. The Morgan fingerprint density at radius 3 is 1.73 bits per heavy atom. The van der Waals surface area contributed by atoms with Crippen LogP contribution in [-0.4, -0.2) is 0 Å². The van der Waals surface area contributed by atoms with Crippen molar-refractivity contribution in [3.05, 3.63) is 53.9 Å². The van der Waals surface area contributed by atoms with Crippen molar-refractivity contribution < 1.29 is 5.41 Å². The van der Waals surface area contributed by atoms with Crippen molar-refractivity contribution in [3.8, 4) is 0 Å². The van der Waals surface area contributed by atoms with E-state index in [4.69, 9.17) is 5.41 Å². The smallest absolute Gasteiger partial charge is 0.214 e. The molecular weight excluding hydrogens is 202 g/mol. The van der Waals surface area contributed by atoms with Crippen LogP contribution >= 0.6 is 11.3 Å². The molecule has 2 aromatic carbocycles. The molecule has 0 aliphatic rings. The molecule has 3 aromatic rings. The largest absolute Gasteiger partial charge is 0.253 e. The Morgan fingerprint density at radius 1 is 0.733 bits per heavy atom. The molecule has 0 atom stereocenters. The van der Waals surface area contributed by atoms with Gasteiger partial charge in [0, 0.05) is 9.40 Å². The zero-order valence-corrected chi connectivity index (χ0v) is 8.92. The van der Waals surface area contributed by atoms with Crippen LogP contribution in [0.5, 0.6) is 0 Å². The fourth-order valence-corrected chi connectivity index (χ4v) is 2.93. The van der Waals surface area contributed by atoms with Crippen LogP contribution < -0.4 is 10.8 Å². The fraction of sp³-hybridized carbons (Fsp3) is 0. The summed E-state index contributed by atoms with van der Waals surface area (Å²) < 4.78 is 2.49. The lowest BCUT2D eigenvalue weighted by Gasteiger charge is -1.98. The number of hydrogen-bond acceptors (Lipinski definition) is 1. The van der Waals surface area contributed by atoms with Crippen molar-refractivity contribution in [3.63, 3.8) is 0 Å². The van der Waals surface area contributed by atoms with E-state index in [2.05, 4.69) is 24.3 Å². The Labute approximate surface area is 91.1 Å². The summed E-state index contributed by atoms with van der Waals surface area (Å²) in [6, 6.07) is 16.5. The highest BCUT2D eigenvalue weighted by Gasteiger charge is 2.04. The van der Waals surface area contributed by atoms with Gasteiger partial charge >= 0.3 is 0 Å². The van der Waals surface area contributed by atoms with E-state index in [0.29, 0.717) is 0 Å². The third-order valence-electron chi connectivity index (χ3n) is 2.57. The average Bonchev–Trinajstić information content (AvgIpc) is 2.30. The normalized spacial score (nSPS) is 10.9. The first-order chi connectivity index (χ1) is 7.36. The average molecular weight is 212 g/mol. The third kappa shape index (κ3) is 1.26. The van der Waals surface area contributed by atoms with E-state index in [9.17, 15) is 0 Å². The molecule has 0 saturated heterocycles. The van der Waals surface area contributed by atoms with E-state index in [1.807, 2.05) is 24.3 Å². The molecule has 0 saturated carbocycles. The summed E-state index contributed by atoms with van der Waals surface area (Å²) in [7, 11) is 0. The Kier molecular flexibility index (Phi) is 1.82. The molecule has 0 fully saturated rings. The van der Waals surface area contributed by atoms with Gasteiger partial charge in [-0.3, -0.25) is 5.41 Å². The summed E-state index contributed by atoms with van der Waals surface area (Å²) in [5, 5.41) is 9.36. The highest BCUT2D eigenvalue weighted by molar-refractivity contribution is 7.24. The predicted molar refractivity (Wildman–Crippen MR) is 64.4 cm³/mol. The van der Waals surface area contributed by atoms with Crippen molar-refractivity contribution in [1.29, 1.82) is 0 Å². The molecule has 0 radical (unpaired) electrons. The van der Waals surface area contributed by atoms with Crippen molar-refractivity contribution >= 4 is 31.5 Å². The van der Waals surface area contributed by atoms with Crippen LogP contribution in [-0.2, 0) is 0 Å². The van der Waals surface area contributed by atoms with Gasteiger partial charge in [-0.05, 0) is 24.3 Å². The molecule has 0 unspecified atom stereocenters. The van der Waals surface area contributed by atoms with Crippen LogP contribution in [0.3, 0.4) is 0 Å². The minimum absolute atomic E-state index is 0.889. The third-order valence-corrected chi connectivity index (χ3v) is 3.73. The van der Waals surface area contributed by atoms with Crippen molar-refractivity contribution in [2.24, 2.45) is 0 Å². The van der Waals surface area contributed by atoms with Gasteiger partial charge in [-0.2, -0.15) is 0 Å². The molecule has 15 heavy (non-hydrogen) atoms. The molecule has 2 heteroatoms. The fourth-order valence-electron chi connectivity index (χ4n) is 1.82. The second-order valence-electron chi connectivity index (χ2n) is 3.51. The molecule has 0 spiro atoms. The second kappa shape index (κ2) is 3.17. The maximum absolute atomic E-state index is 6.16. The Morgan fingerprint density at radius 2 is 1.20 bits per heavy atom. The molecule has 0 bridgehead atoms. The lowest BCUT2D eigenvalue weighted by molar-refractivity contribution is -0.168. The molecule has 0 aliphatic carbocycles. The topological polar surface area (TPSA) is 25.6 Å². The zero-order valence-electron chi connectivity index (χ0n) is 8.10. The van der Waals surface area contributed by atoms with Crippen LogP contribution in [0.4, 0.5) is 0 Å².